The Kier molecular flexibility index (Phi) is 5.78. The van der Waals surface area contributed by atoms with Gasteiger partial charge >= 0.3 is 0 Å². The topological polar surface area (TPSA) is 90.7 Å². The van der Waals surface area contributed by atoms with Crippen LogP contribution in [-0.2, 0) is 4.79 Å². The lowest BCUT2D eigenvalue weighted by Gasteiger charge is -2.17. The molecule has 0 aliphatic carbocycles. The number of methoxy groups -OCH3 is 1. The molecule has 0 saturated carbocycles. The molecule has 24 heavy (non-hydrogen) atoms. The van der Waals surface area contributed by atoms with Crippen LogP contribution in [0.1, 0.15) is 23.7 Å². The highest BCUT2D eigenvalue weighted by Gasteiger charge is 2.18. The Morgan fingerprint density at radius 3 is 2.12 bits per heavy atom. The molecule has 0 radical (unpaired) electrons. The van der Waals surface area contributed by atoms with Gasteiger partial charge in [0, 0.05) is 11.3 Å². The van der Waals surface area contributed by atoms with E-state index in [1.165, 1.54) is 0 Å². The van der Waals surface area contributed by atoms with Crippen LogP contribution in [0.2, 0.25) is 0 Å². The summed E-state index contributed by atoms with van der Waals surface area (Å²) in [6.45, 7) is 1.87. The van der Waals surface area contributed by atoms with Crippen LogP contribution in [-0.4, -0.2) is 25.0 Å². The number of amides is 2. The Balaban J connectivity index is 2.00. The molecule has 0 fully saturated rings. The summed E-state index contributed by atoms with van der Waals surface area (Å²) >= 11 is 0. The summed E-state index contributed by atoms with van der Waals surface area (Å²) < 4.78 is 10.8. The normalized spacial score (nSPS) is 11.4. The van der Waals surface area contributed by atoms with Crippen molar-refractivity contribution in [1.29, 1.82) is 0 Å². The van der Waals surface area contributed by atoms with E-state index < -0.39 is 12.0 Å². The van der Waals surface area contributed by atoms with Crippen LogP contribution >= 0.6 is 0 Å². The maximum absolute atomic E-state index is 12.3. The zero-order chi connectivity index (χ0) is 17.5. The van der Waals surface area contributed by atoms with Crippen LogP contribution < -0.4 is 20.5 Å². The third-order valence-electron chi connectivity index (χ3n) is 3.44. The number of carbonyl (C=O) groups excluding carboxylic acids is 2. The summed E-state index contributed by atoms with van der Waals surface area (Å²) in [5.74, 6) is 0.526. The number of anilines is 1. The van der Waals surface area contributed by atoms with Gasteiger partial charge in [0.15, 0.2) is 6.10 Å². The highest BCUT2D eigenvalue weighted by Crippen LogP contribution is 2.19. The van der Waals surface area contributed by atoms with E-state index in [0.29, 0.717) is 23.4 Å². The summed E-state index contributed by atoms with van der Waals surface area (Å²) in [4.78, 5) is 23.4. The zero-order valence-corrected chi connectivity index (χ0v) is 13.6. The van der Waals surface area contributed by atoms with Crippen LogP contribution in [0.15, 0.2) is 48.5 Å². The fourth-order valence-corrected chi connectivity index (χ4v) is 2.08. The zero-order valence-electron chi connectivity index (χ0n) is 13.6. The first-order chi connectivity index (χ1) is 11.5. The summed E-state index contributed by atoms with van der Waals surface area (Å²) in [5.41, 5.74) is 6.14. The molecule has 126 valence electrons. The van der Waals surface area contributed by atoms with Crippen LogP contribution in [0, 0.1) is 0 Å². The molecule has 6 nitrogen and oxygen atoms in total. The molecule has 2 rings (SSSR count). The van der Waals surface area contributed by atoms with Gasteiger partial charge in [-0.2, -0.15) is 0 Å². The third kappa shape index (κ3) is 4.49. The Morgan fingerprint density at radius 2 is 1.62 bits per heavy atom. The summed E-state index contributed by atoms with van der Waals surface area (Å²) in [7, 11) is 1.58. The first-order valence-corrected chi connectivity index (χ1v) is 7.55. The number of carbonyl (C=O) groups is 2. The number of benzene rings is 2. The molecule has 0 heterocycles. The lowest BCUT2D eigenvalue weighted by molar-refractivity contribution is -0.122. The summed E-state index contributed by atoms with van der Waals surface area (Å²) in [5, 5.41) is 2.76. The second kappa shape index (κ2) is 8.01. The molecule has 3 N–H and O–H groups in total. The molecule has 2 aromatic carbocycles. The molecule has 2 amide bonds. The highest BCUT2D eigenvalue weighted by molar-refractivity contribution is 5.96. The van der Waals surface area contributed by atoms with Gasteiger partial charge in [-0.1, -0.05) is 6.92 Å². The summed E-state index contributed by atoms with van der Waals surface area (Å²) in [6, 6.07) is 13.4. The molecular weight excluding hydrogens is 308 g/mol. The number of primary amides is 1. The number of ether oxygens (including phenoxy) is 2. The average molecular weight is 328 g/mol. The second-order valence-electron chi connectivity index (χ2n) is 5.12. The van der Waals surface area contributed by atoms with Crippen molar-refractivity contribution < 1.29 is 19.1 Å². The van der Waals surface area contributed by atoms with Gasteiger partial charge in [-0.3, -0.25) is 9.59 Å². The van der Waals surface area contributed by atoms with Crippen molar-refractivity contribution in [2.75, 3.05) is 12.4 Å². The monoisotopic (exact) mass is 328 g/mol. The van der Waals surface area contributed by atoms with Crippen molar-refractivity contribution in [2.45, 2.75) is 19.4 Å². The lowest BCUT2D eigenvalue weighted by atomic mass is 10.2. The van der Waals surface area contributed by atoms with Gasteiger partial charge < -0.3 is 20.5 Å². The first kappa shape index (κ1) is 17.3. The third-order valence-corrected chi connectivity index (χ3v) is 3.44. The molecule has 0 unspecified atom stereocenters. The van der Waals surface area contributed by atoms with E-state index in [9.17, 15) is 9.59 Å². The molecule has 0 spiro atoms. The van der Waals surface area contributed by atoms with Crippen LogP contribution in [0.25, 0.3) is 0 Å². The van der Waals surface area contributed by atoms with E-state index in [-0.39, 0.29) is 5.91 Å². The SMILES string of the molecule is CC[C@H](Oc1ccc(OC)cc1)C(=O)Nc1ccc(C(N)=O)cc1. The van der Waals surface area contributed by atoms with Crippen molar-refractivity contribution in [1.82, 2.24) is 0 Å². The molecule has 1 atom stereocenters. The van der Waals surface area contributed by atoms with Gasteiger partial charge in [0.25, 0.3) is 5.91 Å². The maximum Gasteiger partial charge on any atom is 0.265 e. The minimum Gasteiger partial charge on any atom is -0.497 e. The maximum atomic E-state index is 12.3. The van der Waals surface area contributed by atoms with Crippen molar-refractivity contribution in [2.24, 2.45) is 5.73 Å². The molecule has 6 heteroatoms. The Bertz CT molecular complexity index is 696. The van der Waals surface area contributed by atoms with E-state index >= 15 is 0 Å². The minimum absolute atomic E-state index is 0.264. The Morgan fingerprint density at radius 1 is 1.04 bits per heavy atom. The number of nitrogens with two attached hydrogens (primary N) is 1. The Labute approximate surface area is 140 Å². The smallest absolute Gasteiger partial charge is 0.265 e. The van der Waals surface area contributed by atoms with Gasteiger partial charge in [0.2, 0.25) is 5.91 Å². The highest BCUT2D eigenvalue weighted by atomic mass is 16.5. The predicted molar refractivity (Wildman–Crippen MR) is 91.3 cm³/mol. The van der Waals surface area contributed by atoms with E-state index in [2.05, 4.69) is 5.32 Å². The molecule has 0 saturated heterocycles. The van der Waals surface area contributed by atoms with E-state index in [1.807, 2.05) is 6.92 Å². The summed E-state index contributed by atoms with van der Waals surface area (Å²) in [6.07, 6.45) is -0.119. The van der Waals surface area contributed by atoms with E-state index in [4.69, 9.17) is 15.2 Å². The van der Waals surface area contributed by atoms with Gasteiger partial charge in [0.05, 0.1) is 7.11 Å². The molecular formula is C18H20N2O4. The van der Waals surface area contributed by atoms with Gasteiger partial charge in [-0.05, 0) is 55.0 Å². The molecule has 0 aliphatic heterocycles. The van der Waals surface area contributed by atoms with Gasteiger partial charge in [-0.25, -0.2) is 0 Å². The van der Waals surface area contributed by atoms with E-state index in [1.54, 1.807) is 55.6 Å². The molecule has 2 aromatic rings. The van der Waals surface area contributed by atoms with Crippen molar-refractivity contribution >= 4 is 17.5 Å². The lowest BCUT2D eigenvalue weighted by Crippen LogP contribution is -2.32. The number of nitrogens with one attached hydrogen (secondary N) is 1. The van der Waals surface area contributed by atoms with Crippen molar-refractivity contribution in [3.63, 3.8) is 0 Å². The van der Waals surface area contributed by atoms with Crippen molar-refractivity contribution in [3.05, 3.63) is 54.1 Å². The second-order valence-corrected chi connectivity index (χ2v) is 5.12. The van der Waals surface area contributed by atoms with Gasteiger partial charge in [0.1, 0.15) is 11.5 Å². The fraction of sp³-hybridized carbons (Fsp3) is 0.222. The average Bonchev–Trinajstić information content (AvgIpc) is 2.60. The number of hydrogen-bond donors (Lipinski definition) is 2. The predicted octanol–water partition coefficient (Wildman–Crippen LogP) is 2.59. The minimum atomic E-state index is -0.630. The number of hydrogen-bond acceptors (Lipinski definition) is 4. The van der Waals surface area contributed by atoms with Crippen LogP contribution in [0.4, 0.5) is 5.69 Å². The van der Waals surface area contributed by atoms with E-state index in [0.717, 1.165) is 5.75 Å². The molecule has 0 aromatic heterocycles. The largest absolute Gasteiger partial charge is 0.497 e. The van der Waals surface area contributed by atoms with Crippen LogP contribution in [0.3, 0.4) is 0 Å². The first-order valence-electron chi connectivity index (χ1n) is 7.55. The Hall–Kier alpha value is -3.02. The molecule has 0 bridgehead atoms. The standard InChI is InChI=1S/C18H20N2O4/c1-3-16(24-15-10-8-14(23-2)9-11-15)18(22)20-13-6-4-12(5-7-13)17(19)21/h4-11,16H,3H2,1-2H3,(H2,19,21)(H,20,22)/t16-/m0/s1. The quantitative estimate of drug-likeness (QED) is 0.817. The van der Waals surface area contributed by atoms with Crippen LogP contribution in [0.5, 0.6) is 11.5 Å². The van der Waals surface area contributed by atoms with Gasteiger partial charge in [-0.15, -0.1) is 0 Å². The van der Waals surface area contributed by atoms with Crippen molar-refractivity contribution in [3.8, 4) is 11.5 Å². The number of rotatable bonds is 7. The molecule has 0 aliphatic rings. The fourth-order valence-electron chi connectivity index (χ4n) is 2.08.